The molecule has 31 heavy (non-hydrogen) atoms. The number of piperidine rings is 1. The molecule has 1 aliphatic heterocycles. The Morgan fingerprint density at radius 3 is 2.74 bits per heavy atom. The van der Waals surface area contributed by atoms with E-state index in [1.165, 1.54) is 31.0 Å². The Hall–Kier alpha value is -3.26. The highest BCUT2D eigenvalue weighted by Crippen LogP contribution is 2.22. The van der Waals surface area contributed by atoms with Gasteiger partial charge >= 0.3 is 0 Å². The summed E-state index contributed by atoms with van der Waals surface area (Å²) in [5.74, 6) is 1.46. The van der Waals surface area contributed by atoms with Crippen molar-refractivity contribution in [2.45, 2.75) is 26.2 Å². The van der Waals surface area contributed by atoms with E-state index in [0.29, 0.717) is 5.69 Å². The van der Waals surface area contributed by atoms with Gasteiger partial charge in [0.25, 0.3) is 11.6 Å². The quantitative estimate of drug-likeness (QED) is 0.479. The summed E-state index contributed by atoms with van der Waals surface area (Å²) in [5.41, 5.74) is 2.57. The minimum Gasteiger partial charge on any atom is -0.331 e. The second-order valence-corrected chi connectivity index (χ2v) is 8.33. The fourth-order valence-corrected chi connectivity index (χ4v) is 4.06. The first kappa shape index (κ1) is 21.0. The standard InChI is InChI=1S/C23H27N5O3/c1-16-8-11-27(12-9-16)13-10-22-25-20-15-18(6-7-21(20)26(22)2)24-23(29)17-4-3-5-19(14-17)28(30)31/h3-7,14-16H,8-13H2,1-2H3,(H,24,29). The van der Waals surface area contributed by atoms with Crippen molar-refractivity contribution in [3.05, 3.63) is 64.0 Å². The number of anilines is 1. The van der Waals surface area contributed by atoms with Gasteiger partial charge in [-0.3, -0.25) is 14.9 Å². The van der Waals surface area contributed by atoms with Crippen molar-refractivity contribution in [1.29, 1.82) is 0 Å². The molecule has 8 nitrogen and oxygen atoms in total. The van der Waals surface area contributed by atoms with Crippen LogP contribution in [0.2, 0.25) is 0 Å². The molecule has 1 fully saturated rings. The van der Waals surface area contributed by atoms with Crippen LogP contribution < -0.4 is 5.32 Å². The van der Waals surface area contributed by atoms with Crippen LogP contribution in [0.1, 0.15) is 35.9 Å². The molecule has 0 saturated carbocycles. The summed E-state index contributed by atoms with van der Waals surface area (Å²) < 4.78 is 2.11. The van der Waals surface area contributed by atoms with Crippen LogP contribution in [0.25, 0.3) is 11.0 Å². The minimum absolute atomic E-state index is 0.111. The fraction of sp³-hybridized carbons (Fsp3) is 0.391. The van der Waals surface area contributed by atoms with Gasteiger partial charge in [-0.1, -0.05) is 13.0 Å². The maximum absolute atomic E-state index is 12.5. The molecule has 2 heterocycles. The Kier molecular flexibility index (Phi) is 5.99. The summed E-state index contributed by atoms with van der Waals surface area (Å²) in [4.78, 5) is 30.3. The molecule has 1 saturated heterocycles. The number of nitrogens with zero attached hydrogens (tertiary/aromatic N) is 4. The first-order chi connectivity index (χ1) is 14.9. The normalized spacial score (nSPS) is 15.3. The number of imidazole rings is 1. The maximum atomic E-state index is 12.5. The highest BCUT2D eigenvalue weighted by molar-refractivity contribution is 6.05. The van der Waals surface area contributed by atoms with E-state index in [4.69, 9.17) is 4.98 Å². The molecule has 1 amide bonds. The lowest BCUT2D eigenvalue weighted by Crippen LogP contribution is -2.34. The second kappa shape index (κ2) is 8.85. The van der Waals surface area contributed by atoms with E-state index < -0.39 is 10.8 Å². The highest BCUT2D eigenvalue weighted by Gasteiger charge is 2.17. The number of hydrogen-bond donors (Lipinski definition) is 1. The molecular weight excluding hydrogens is 394 g/mol. The number of benzene rings is 2. The summed E-state index contributed by atoms with van der Waals surface area (Å²) in [6.45, 7) is 5.62. The number of aromatic nitrogens is 2. The lowest BCUT2D eigenvalue weighted by atomic mass is 9.99. The van der Waals surface area contributed by atoms with Gasteiger partial charge in [0.1, 0.15) is 5.82 Å². The number of nitro groups is 1. The van der Waals surface area contributed by atoms with Crippen LogP contribution in [0.4, 0.5) is 11.4 Å². The van der Waals surface area contributed by atoms with E-state index in [1.54, 1.807) is 6.07 Å². The van der Waals surface area contributed by atoms with Crippen molar-refractivity contribution in [2.24, 2.45) is 13.0 Å². The fourth-order valence-electron chi connectivity index (χ4n) is 4.06. The Morgan fingerprint density at radius 2 is 2.00 bits per heavy atom. The number of aryl methyl sites for hydroxylation is 1. The number of nitrogens with one attached hydrogen (secondary N) is 1. The van der Waals surface area contributed by atoms with E-state index in [9.17, 15) is 14.9 Å². The van der Waals surface area contributed by atoms with Crippen LogP contribution in [0.3, 0.4) is 0 Å². The zero-order valence-corrected chi connectivity index (χ0v) is 17.9. The number of rotatable bonds is 6. The number of amides is 1. The summed E-state index contributed by atoms with van der Waals surface area (Å²) in [7, 11) is 2.02. The van der Waals surface area contributed by atoms with Gasteiger partial charge in [0, 0.05) is 43.4 Å². The third kappa shape index (κ3) is 4.74. The molecule has 3 aromatic rings. The Bertz CT molecular complexity index is 1120. The largest absolute Gasteiger partial charge is 0.331 e. The molecule has 0 radical (unpaired) electrons. The third-order valence-corrected chi connectivity index (χ3v) is 6.08. The van der Waals surface area contributed by atoms with Crippen LogP contribution in [0, 0.1) is 16.0 Å². The van der Waals surface area contributed by atoms with E-state index in [1.807, 2.05) is 25.2 Å². The van der Waals surface area contributed by atoms with E-state index >= 15 is 0 Å². The molecule has 8 heteroatoms. The van der Waals surface area contributed by atoms with Crippen LogP contribution in [-0.4, -0.2) is 44.9 Å². The number of carbonyl (C=O) groups is 1. The summed E-state index contributed by atoms with van der Waals surface area (Å²) in [6, 6.07) is 11.3. The van der Waals surface area contributed by atoms with Crippen molar-refractivity contribution < 1.29 is 9.72 Å². The molecule has 0 bridgehead atoms. The van der Waals surface area contributed by atoms with E-state index in [2.05, 4.69) is 21.7 Å². The lowest BCUT2D eigenvalue weighted by Gasteiger charge is -2.29. The van der Waals surface area contributed by atoms with Crippen molar-refractivity contribution in [3.63, 3.8) is 0 Å². The first-order valence-electron chi connectivity index (χ1n) is 10.6. The van der Waals surface area contributed by atoms with Crippen molar-refractivity contribution in [2.75, 3.05) is 25.0 Å². The average Bonchev–Trinajstić information content (AvgIpc) is 3.08. The van der Waals surface area contributed by atoms with Gasteiger partial charge in [-0.2, -0.15) is 0 Å². The molecule has 2 aromatic carbocycles. The monoisotopic (exact) mass is 421 g/mol. The first-order valence-corrected chi connectivity index (χ1v) is 10.6. The van der Waals surface area contributed by atoms with Gasteiger partial charge < -0.3 is 14.8 Å². The molecule has 1 N–H and O–H groups in total. The highest BCUT2D eigenvalue weighted by atomic mass is 16.6. The molecule has 0 spiro atoms. The van der Waals surface area contributed by atoms with E-state index in [-0.39, 0.29) is 11.3 Å². The van der Waals surface area contributed by atoms with Crippen molar-refractivity contribution in [1.82, 2.24) is 14.5 Å². The predicted molar refractivity (Wildman–Crippen MR) is 120 cm³/mol. The molecule has 0 aliphatic carbocycles. The van der Waals surface area contributed by atoms with Gasteiger partial charge in [0.05, 0.1) is 16.0 Å². The molecule has 0 unspecified atom stereocenters. The molecule has 0 atom stereocenters. The van der Waals surface area contributed by atoms with Crippen LogP contribution >= 0.6 is 0 Å². The van der Waals surface area contributed by atoms with Gasteiger partial charge in [0.2, 0.25) is 0 Å². The zero-order chi connectivity index (χ0) is 22.0. The Labute approximate surface area is 181 Å². The SMILES string of the molecule is CC1CCN(CCc2nc3cc(NC(=O)c4cccc([N+](=O)[O-])c4)ccc3n2C)CC1. The number of non-ortho nitro benzene ring substituents is 1. The lowest BCUT2D eigenvalue weighted by molar-refractivity contribution is -0.384. The summed E-state index contributed by atoms with van der Waals surface area (Å²) in [6.07, 6.45) is 3.40. The Morgan fingerprint density at radius 1 is 1.23 bits per heavy atom. The number of carbonyl (C=O) groups excluding carboxylic acids is 1. The van der Waals surface area contributed by atoms with Gasteiger partial charge in [-0.05, 0) is 56.1 Å². The second-order valence-electron chi connectivity index (χ2n) is 8.33. The van der Waals surface area contributed by atoms with E-state index in [0.717, 1.165) is 48.8 Å². The van der Waals surface area contributed by atoms with Crippen LogP contribution in [0.5, 0.6) is 0 Å². The molecule has 1 aromatic heterocycles. The number of hydrogen-bond acceptors (Lipinski definition) is 5. The smallest absolute Gasteiger partial charge is 0.270 e. The Balaban J connectivity index is 1.46. The van der Waals surface area contributed by atoms with Crippen LogP contribution in [0.15, 0.2) is 42.5 Å². The van der Waals surface area contributed by atoms with Gasteiger partial charge in [-0.15, -0.1) is 0 Å². The number of fused-ring (bicyclic) bond motifs is 1. The number of likely N-dealkylation sites (tertiary alicyclic amines) is 1. The molecular formula is C23H27N5O3. The van der Waals surface area contributed by atoms with Gasteiger partial charge in [0.15, 0.2) is 0 Å². The summed E-state index contributed by atoms with van der Waals surface area (Å²) >= 11 is 0. The predicted octanol–water partition coefficient (Wildman–Crippen LogP) is 4.01. The molecule has 4 rings (SSSR count). The third-order valence-electron chi connectivity index (χ3n) is 6.08. The molecule has 1 aliphatic rings. The van der Waals surface area contributed by atoms with Crippen molar-refractivity contribution >= 4 is 28.3 Å². The minimum atomic E-state index is -0.511. The average molecular weight is 422 g/mol. The van der Waals surface area contributed by atoms with Crippen LogP contribution in [-0.2, 0) is 13.5 Å². The molecule has 162 valence electrons. The maximum Gasteiger partial charge on any atom is 0.270 e. The van der Waals surface area contributed by atoms with Gasteiger partial charge in [-0.25, -0.2) is 4.98 Å². The zero-order valence-electron chi connectivity index (χ0n) is 17.9. The van der Waals surface area contributed by atoms with Crippen molar-refractivity contribution in [3.8, 4) is 0 Å². The summed E-state index contributed by atoms with van der Waals surface area (Å²) in [5, 5.41) is 13.8. The topological polar surface area (TPSA) is 93.3 Å². The number of nitro benzene ring substituents is 1.